The van der Waals surface area contributed by atoms with Crippen molar-refractivity contribution in [2.45, 2.75) is 43.7 Å². The van der Waals surface area contributed by atoms with Crippen molar-refractivity contribution < 1.29 is 4.79 Å². The smallest absolute Gasteiger partial charge is 0.242 e. The summed E-state index contributed by atoms with van der Waals surface area (Å²) >= 11 is 0. The Kier molecular flexibility index (Phi) is 5.41. The minimum atomic E-state index is -0.705. The van der Waals surface area contributed by atoms with Crippen molar-refractivity contribution in [1.82, 2.24) is 29.9 Å². The van der Waals surface area contributed by atoms with E-state index in [4.69, 9.17) is 5.73 Å². The van der Waals surface area contributed by atoms with E-state index < -0.39 is 5.54 Å². The van der Waals surface area contributed by atoms with E-state index in [9.17, 15) is 4.79 Å². The largest absolute Gasteiger partial charge is 0.340 e. The highest BCUT2D eigenvalue weighted by Crippen LogP contribution is 2.28. The predicted octanol–water partition coefficient (Wildman–Crippen LogP) is -0.336. The van der Waals surface area contributed by atoms with Crippen LogP contribution in [-0.2, 0) is 18.4 Å². The number of piperidine rings is 2. The second kappa shape index (κ2) is 7.39. The maximum Gasteiger partial charge on any atom is 0.242 e. The van der Waals surface area contributed by atoms with Crippen molar-refractivity contribution in [2.75, 3.05) is 40.3 Å². The fourth-order valence-corrected chi connectivity index (χ4v) is 3.93. The molecule has 3 N–H and O–H groups in total. The minimum absolute atomic E-state index is 0.106. The minimum Gasteiger partial charge on any atom is -0.340 e. The fourth-order valence-electron chi connectivity index (χ4n) is 3.93. The van der Waals surface area contributed by atoms with E-state index in [0.29, 0.717) is 19.4 Å². The summed E-state index contributed by atoms with van der Waals surface area (Å²) in [6.45, 7) is 3.88. The van der Waals surface area contributed by atoms with Gasteiger partial charge in [-0.15, -0.1) is 10.2 Å². The van der Waals surface area contributed by atoms with Gasteiger partial charge in [-0.1, -0.05) is 0 Å². The zero-order chi connectivity index (χ0) is 18.0. The van der Waals surface area contributed by atoms with Crippen molar-refractivity contribution in [2.24, 2.45) is 12.8 Å². The number of nitrogens with zero attached hydrogens (tertiary/aromatic N) is 5. The third kappa shape index (κ3) is 3.86. The Morgan fingerprint density at radius 3 is 2.76 bits per heavy atom. The molecule has 0 bridgehead atoms. The lowest BCUT2D eigenvalue weighted by Gasteiger charge is -2.40. The lowest BCUT2D eigenvalue weighted by Crippen LogP contribution is -2.61. The molecule has 0 aromatic carbocycles. The van der Waals surface area contributed by atoms with Crippen LogP contribution < -0.4 is 11.1 Å². The van der Waals surface area contributed by atoms with E-state index in [0.717, 1.165) is 50.7 Å². The van der Waals surface area contributed by atoms with Crippen molar-refractivity contribution >= 4 is 5.91 Å². The summed E-state index contributed by atoms with van der Waals surface area (Å²) in [6.07, 6.45) is 3.45. The Morgan fingerprint density at radius 1 is 1.36 bits per heavy atom. The van der Waals surface area contributed by atoms with E-state index in [-0.39, 0.29) is 11.8 Å². The molecule has 1 aromatic rings. The second-order valence-electron chi connectivity index (χ2n) is 7.77. The first-order valence-corrected chi connectivity index (χ1v) is 9.22. The number of likely N-dealkylation sites (tertiary alicyclic amines) is 1. The van der Waals surface area contributed by atoms with Gasteiger partial charge in [0, 0.05) is 26.1 Å². The Morgan fingerprint density at radius 2 is 2.08 bits per heavy atom. The van der Waals surface area contributed by atoms with Crippen LogP contribution in [-0.4, -0.2) is 76.3 Å². The molecule has 25 heavy (non-hydrogen) atoms. The van der Waals surface area contributed by atoms with Gasteiger partial charge in [-0.25, -0.2) is 0 Å². The van der Waals surface area contributed by atoms with Crippen LogP contribution in [0.5, 0.6) is 0 Å². The van der Waals surface area contributed by atoms with E-state index in [2.05, 4.69) is 25.0 Å². The van der Waals surface area contributed by atoms with E-state index in [1.165, 1.54) is 0 Å². The normalized spacial score (nSPS) is 23.9. The molecule has 3 rings (SSSR count). The first kappa shape index (κ1) is 18.3. The number of nitrogens with one attached hydrogen (secondary N) is 1. The maximum atomic E-state index is 13.0. The van der Waals surface area contributed by atoms with Crippen molar-refractivity contribution in [3.8, 4) is 0 Å². The summed E-state index contributed by atoms with van der Waals surface area (Å²) in [5, 5.41) is 12.0. The van der Waals surface area contributed by atoms with Crippen LogP contribution in [0, 0.1) is 0 Å². The molecule has 0 unspecified atom stereocenters. The third-order valence-corrected chi connectivity index (χ3v) is 5.45. The third-order valence-electron chi connectivity index (χ3n) is 5.45. The first-order chi connectivity index (χ1) is 11.9. The second-order valence-corrected chi connectivity index (χ2v) is 7.77. The van der Waals surface area contributed by atoms with Crippen LogP contribution >= 0.6 is 0 Å². The summed E-state index contributed by atoms with van der Waals surface area (Å²) in [5.41, 5.74) is 5.73. The molecular weight excluding hydrogens is 318 g/mol. The molecule has 2 aliphatic rings. The van der Waals surface area contributed by atoms with E-state index in [1.807, 2.05) is 26.0 Å². The molecule has 140 valence electrons. The number of amides is 1. The number of carbonyl (C=O) groups is 1. The fraction of sp³-hybridized carbons (Fsp3) is 0.824. The van der Waals surface area contributed by atoms with Gasteiger partial charge in [0.05, 0.1) is 12.1 Å². The summed E-state index contributed by atoms with van der Waals surface area (Å²) in [4.78, 5) is 17.1. The summed E-state index contributed by atoms with van der Waals surface area (Å²) in [5.74, 6) is 2.27. The van der Waals surface area contributed by atoms with Gasteiger partial charge in [0.15, 0.2) is 0 Å². The Bertz CT molecular complexity index is 606. The van der Waals surface area contributed by atoms with Gasteiger partial charge in [-0.05, 0) is 52.9 Å². The Labute approximate surface area is 149 Å². The van der Waals surface area contributed by atoms with E-state index >= 15 is 0 Å². The van der Waals surface area contributed by atoms with Crippen LogP contribution in [0.2, 0.25) is 0 Å². The summed E-state index contributed by atoms with van der Waals surface area (Å²) in [6, 6.07) is 0. The first-order valence-electron chi connectivity index (χ1n) is 9.22. The highest BCUT2D eigenvalue weighted by Gasteiger charge is 2.40. The molecule has 3 heterocycles. The van der Waals surface area contributed by atoms with Crippen LogP contribution in [0.1, 0.15) is 43.3 Å². The molecule has 0 radical (unpaired) electrons. The van der Waals surface area contributed by atoms with Gasteiger partial charge in [0.1, 0.15) is 11.6 Å². The molecular formula is C17H31N7O. The number of rotatable bonds is 4. The number of nitrogens with two attached hydrogens (primary N) is 1. The topological polar surface area (TPSA) is 92.3 Å². The molecule has 0 spiro atoms. The highest BCUT2D eigenvalue weighted by molar-refractivity contribution is 5.86. The standard InChI is InChI=1S/C17H31N7O/c1-22(2)12-14-20-21-15(23(14)3)13-5-4-10-24(11-13)16(25)17(18)6-8-19-9-7-17/h13,19H,4-12,18H2,1-3H3/t13-/m1/s1. The number of hydrogen-bond acceptors (Lipinski definition) is 6. The molecule has 2 aliphatic heterocycles. The Balaban J connectivity index is 1.71. The average molecular weight is 349 g/mol. The molecule has 2 fully saturated rings. The number of aromatic nitrogens is 3. The average Bonchev–Trinajstić information content (AvgIpc) is 2.95. The SMILES string of the molecule is CN(C)Cc1nnc([C@@H]2CCCN(C(=O)C3(N)CCNCC3)C2)n1C. The van der Waals surface area contributed by atoms with Gasteiger partial charge in [0.25, 0.3) is 0 Å². The Hall–Kier alpha value is -1.51. The molecule has 8 heteroatoms. The monoisotopic (exact) mass is 349 g/mol. The van der Waals surface area contributed by atoms with Crippen molar-refractivity contribution in [3.63, 3.8) is 0 Å². The molecule has 1 atom stereocenters. The van der Waals surface area contributed by atoms with Gasteiger partial charge < -0.3 is 25.4 Å². The van der Waals surface area contributed by atoms with Gasteiger partial charge in [-0.3, -0.25) is 4.79 Å². The number of carbonyl (C=O) groups excluding carboxylic acids is 1. The molecule has 0 saturated carbocycles. The zero-order valence-electron chi connectivity index (χ0n) is 15.7. The van der Waals surface area contributed by atoms with Gasteiger partial charge >= 0.3 is 0 Å². The van der Waals surface area contributed by atoms with Gasteiger partial charge in [-0.2, -0.15) is 0 Å². The van der Waals surface area contributed by atoms with Crippen molar-refractivity contribution in [3.05, 3.63) is 11.6 Å². The van der Waals surface area contributed by atoms with Crippen LogP contribution in [0.25, 0.3) is 0 Å². The maximum absolute atomic E-state index is 13.0. The van der Waals surface area contributed by atoms with Crippen LogP contribution in [0.4, 0.5) is 0 Å². The predicted molar refractivity (Wildman–Crippen MR) is 96.0 cm³/mol. The molecule has 0 aliphatic carbocycles. The van der Waals surface area contributed by atoms with Gasteiger partial charge in [0.2, 0.25) is 5.91 Å². The lowest BCUT2D eigenvalue weighted by molar-refractivity contribution is -0.139. The quantitative estimate of drug-likeness (QED) is 0.773. The lowest BCUT2D eigenvalue weighted by atomic mass is 9.86. The summed E-state index contributed by atoms with van der Waals surface area (Å²) < 4.78 is 2.08. The van der Waals surface area contributed by atoms with E-state index in [1.54, 1.807) is 0 Å². The van der Waals surface area contributed by atoms with Crippen LogP contribution in [0.3, 0.4) is 0 Å². The summed E-state index contributed by atoms with van der Waals surface area (Å²) in [7, 11) is 6.07. The molecule has 1 amide bonds. The molecule has 8 nitrogen and oxygen atoms in total. The van der Waals surface area contributed by atoms with Crippen LogP contribution in [0.15, 0.2) is 0 Å². The zero-order valence-corrected chi connectivity index (χ0v) is 15.7. The highest BCUT2D eigenvalue weighted by atomic mass is 16.2. The molecule has 2 saturated heterocycles. The molecule has 1 aromatic heterocycles. The number of hydrogen-bond donors (Lipinski definition) is 2. The van der Waals surface area contributed by atoms with Crippen molar-refractivity contribution in [1.29, 1.82) is 0 Å².